The predicted molar refractivity (Wildman–Crippen MR) is 92.9 cm³/mol. The molecule has 0 aliphatic carbocycles. The highest BCUT2D eigenvalue weighted by Gasteiger charge is 2.22. The molecule has 2 rings (SSSR count). The van der Waals surface area contributed by atoms with Crippen LogP contribution in [0.2, 0.25) is 0 Å². The lowest BCUT2D eigenvalue weighted by Gasteiger charge is -2.34. The average Bonchev–Trinajstić information content (AvgIpc) is 2.58. The van der Waals surface area contributed by atoms with Crippen LogP contribution in [0.25, 0.3) is 0 Å². The van der Waals surface area contributed by atoms with Crippen LogP contribution in [-0.2, 0) is 4.74 Å². The summed E-state index contributed by atoms with van der Waals surface area (Å²) in [5, 5.41) is 2.94. The Labute approximate surface area is 144 Å². The first-order valence-corrected chi connectivity index (χ1v) is 8.38. The Morgan fingerprint density at radius 1 is 1.38 bits per heavy atom. The number of carbonyl (C=O) groups excluding carboxylic acids is 1. The molecule has 1 heterocycles. The zero-order valence-electron chi connectivity index (χ0n) is 15.0. The molecule has 0 bridgehead atoms. The van der Waals surface area contributed by atoms with Gasteiger partial charge in [-0.05, 0) is 18.1 Å². The zero-order chi connectivity index (χ0) is 17.5. The number of nitrogens with zero attached hydrogens (tertiary/aromatic N) is 1. The number of rotatable bonds is 7. The van der Waals surface area contributed by atoms with E-state index in [1.54, 1.807) is 25.3 Å². The van der Waals surface area contributed by atoms with Crippen molar-refractivity contribution in [2.45, 2.75) is 20.0 Å². The Kier molecular flexibility index (Phi) is 6.87. The molecular formula is C18H28N2O4. The van der Waals surface area contributed by atoms with Gasteiger partial charge in [-0.2, -0.15) is 0 Å². The van der Waals surface area contributed by atoms with Gasteiger partial charge in [0.05, 0.1) is 32.5 Å². The molecular weight excluding hydrogens is 308 g/mol. The maximum absolute atomic E-state index is 12.5. The molecule has 1 saturated heterocycles. The van der Waals surface area contributed by atoms with Crippen molar-refractivity contribution < 1.29 is 19.0 Å². The minimum Gasteiger partial charge on any atom is -0.493 e. The number of amides is 1. The van der Waals surface area contributed by atoms with Crippen LogP contribution in [-0.4, -0.2) is 63.9 Å². The van der Waals surface area contributed by atoms with E-state index in [4.69, 9.17) is 14.2 Å². The molecule has 1 aromatic carbocycles. The highest BCUT2D eigenvalue weighted by Crippen LogP contribution is 2.30. The third-order valence-electron chi connectivity index (χ3n) is 3.98. The molecule has 0 radical (unpaired) electrons. The highest BCUT2D eigenvalue weighted by molar-refractivity contribution is 5.97. The lowest BCUT2D eigenvalue weighted by molar-refractivity contribution is -0.0295. The number of carbonyl (C=O) groups is 1. The van der Waals surface area contributed by atoms with E-state index in [1.807, 2.05) is 0 Å². The minimum absolute atomic E-state index is 0.0121. The Morgan fingerprint density at radius 3 is 2.83 bits per heavy atom. The van der Waals surface area contributed by atoms with Gasteiger partial charge in [0.1, 0.15) is 0 Å². The molecule has 6 nitrogen and oxygen atoms in total. The van der Waals surface area contributed by atoms with Crippen LogP contribution >= 0.6 is 0 Å². The summed E-state index contributed by atoms with van der Waals surface area (Å²) in [6.45, 7) is 8.45. The summed E-state index contributed by atoms with van der Waals surface area (Å²) >= 11 is 0. The SMILES string of the molecule is COc1cccc(C(=O)NCC2CN(CC(C)C)CCO2)c1OC. The van der Waals surface area contributed by atoms with Crippen LogP contribution in [0.4, 0.5) is 0 Å². The number of hydrogen-bond donors (Lipinski definition) is 1. The van der Waals surface area contributed by atoms with Crippen LogP contribution in [0.1, 0.15) is 24.2 Å². The summed E-state index contributed by atoms with van der Waals surface area (Å²) < 4.78 is 16.3. The molecule has 1 fully saturated rings. The second kappa shape index (κ2) is 8.89. The minimum atomic E-state index is -0.185. The number of methoxy groups -OCH3 is 2. The third kappa shape index (κ3) is 4.85. The van der Waals surface area contributed by atoms with Gasteiger partial charge in [-0.15, -0.1) is 0 Å². The lowest BCUT2D eigenvalue weighted by atomic mass is 10.1. The molecule has 1 N–H and O–H groups in total. The van der Waals surface area contributed by atoms with Crippen LogP contribution in [0.3, 0.4) is 0 Å². The second-order valence-electron chi connectivity index (χ2n) is 6.40. The van der Waals surface area contributed by atoms with Gasteiger partial charge in [0.15, 0.2) is 11.5 Å². The van der Waals surface area contributed by atoms with E-state index in [2.05, 4.69) is 24.1 Å². The Morgan fingerprint density at radius 2 is 2.17 bits per heavy atom. The van der Waals surface area contributed by atoms with E-state index in [-0.39, 0.29) is 12.0 Å². The number of benzene rings is 1. The molecule has 0 aromatic heterocycles. The molecule has 1 atom stereocenters. The van der Waals surface area contributed by atoms with Crippen molar-refractivity contribution in [2.24, 2.45) is 5.92 Å². The maximum atomic E-state index is 12.5. The predicted octanol–water partition coefficient (Wildman–Crippen LogP) is 1.79. The van der Waals surface area contributed by atoms with E-state index in [9.17, 15) is 4.79 Å². The monoisotopic (exact) mass is 336 g/mol. The van der Waals surface area contributed by atoms with Crippen LogP contribution in [0, 0.1) is 5.92 Å². The van der Waals surface area contributed by atoms with Gasteiger partial charge in [-0.3, -0.25) is 9.69 Å². The maximum Gasteiger partial charge on any atom is 0.255 e. The molecule has 0 saturated carbocycles. The smallest absolute Gasteiger partial charge is 0.255 e. The number of nitrogens with one attached hydrogen (secondary N) is 1. The first kappa shape index (κ1) is 18.5. The molecule has 1 aliphatic heterocycles. The summed E-state index contributed by atoms with van der Waals surface area (Å²) in [7, 11) is 3.08. The largest absolute Gasteiger partial charge is 0.493 e. The van der Waals surface area contributed by atoms with Gasteiger partial charge in [0.2, 0.25) is 0 Å². The molecule has 24 heavy (non-hydrogen) atoms. The summed E-state index contributed by atoms with van der Waals surface area (Å²) in [5.74, 6) is 1.43. The molecule has 1 aliphatic rings. The summed E-state index contributed by atoms with van der Waals surface area (Å²) in [6, 6.07) is 5.27. The molecule has 1 unspecified atom stereocenters. The van der Waals surface area contributed by atoms with E-state index in [0.717, 1.165) is 19.6 Å². The number of hydrogen-bond acceptors (Lipinski definition) is 5. The third-order valence-corrected chi connectivity index (χ3v) is 3.98. The van der Waals surface area contributed by atoms with Crippen molar-refractivity contribution in [1.82, 2.24) is 10.2 Å². The fraction of sp³-hybridized carbons (Fsp3) is 0.611. The fourth-order valence-electron chi connectivity index (χ4n) is 2.95. The van der Waals surface area contributed by atoms with Gasteiger partial charge >= 0.3 is 0 Å². The van der Waals surface area contributed by atoms with Crippen molar-refractivity contribution in [2.75, 3.05) is 47.0 Å². The van der Waals surface area contributed by atoms with Gasteiger partial charge in [-0.1, -0.05) is 19.9 Å². The molecule has 1 aromatic rings. The number of morpholine rings is 1. The molecule has 1 amide bonds. The van der Waals surface area contributed by atoms with Crippen molar-refractivity contribution in [3.05, 3.63) is 23.8 Å². The van der Waals surface area contributed by atoms with E-state index < -0.39 is 0 Å². The zero-order valence-corrected chi connectivity index (χ0v) is 15.0. The Balaban J connectivity index is 1.93. The van der Waals surface area contributed by atoms with Crippen LogP contribution < -0.4 is 14.8 Å². The van der Waals surface area contributed by atoms with E-state index in [1.165, 1.54) is 7.11 Å². The van der Waals surface area contributed by atoms with Crippen molar-refractivity contribution in [1.29, 1.82) is 0 Å². The summed E-state index contributed by atoms with van der Waals surface area (Å²) in [4.78, 5) is 14.9. The highest BCUT2D eigenvalue weighted by atomic mass is 16.5. The number of ether oxygens (including phenoxy) is 3. The van der Waals surface area contributed by atoms with Crippen molar-refractivity contribution in [3.8, 4) is 11.5 Å². The van der Waals surface area contributed by atoms with Gasteiger partial charge < -0.3 is 19.5 Å². The molecule has 0 spiro atoms. The quantitative estimate of drug-likeness (QED) is 0.823. The van der Waals surface area contributed by atoms with Crippen LogP contribution in [0.15, 0.2) is 18.2 Å². The number of para-hydroxylation sites is 1. The first-order valence-electron chi connectivity index (χ1n) is 8.38. The molecule has 134 valence electrons. The second-order valence-corrected chi connectivity index (χ2v) is 6.40. The Hall–Kier alpha value is -1.79. The van der Waals surface area contributed by atoms with E-state index >= 15 is 0 Å². The fourth-order valence-corrected chi connectivity index (χ4v) is 2.95. The summed E-state index contributed by atoms with van der Waals surface area (Å²) in [5.41, 5.74) is 0.465. The lowest BCUT2D eigenvalue weighted by Crippen LogP contribution is -2.48. The standard InChI is InChI=1S/C18H28N2O4/c1-13(2)11-20-8-9-24-14(12-20)10-19-18(21)15-6-5-7-16(22-3)17(15)23-4/h5-7,13-14H,8-12H2,1-4H3,(H,19,21). The van der Waals surface area contributed by atoms with Crippen molar-refractivity contribution in [3.63, 3.8) is 0 Å². The topological polar surface area (TPSA) is 60.0 Å². The van der Waals surface area contributed by atoms with Crippen molar-refractivity contribution >= 4 is 5.91 Å². The summed E-state index contributed by atoms with van der Waals surface area (Å²) in [6.07, 6.45) is 0.0121. The first-order chi connectivity index (χ1) is 11.5. The van der Waals surface area contributed by atoms with E-state index in [0.29, 0.717) is 36.1 Å². The van der Waals surface area contributed by atoms with Crippen LogP contribution in [0.5, 0.6) is 11.5 Å². The molecule has 6 heteroatoms. The average molecular weight is 336 g/mol. The van der Waals surface area contributed by atoms with Gasteiger partial charge in [0.25, 0.3) is 5.91 Å². The van der Waals surface area contributed by atoms with Gasteiger partial charge in [-0.25, -0.2) is 0 Å². The normalized spacial score (nSPS) is 18.5. The van der Waals surface area contributed by atoms with Gasteiger partial charge in [0, 0.05) is 26.2 Å². The Bertz CT molecular complexity index is 548.